The molecular weight excluding hydrogens is 298 g/mol. The van der Waals surface area contributed by atoms with E-state index in [1.54, 1.807) is 20.8 Å². The van der Waals surface area contributed by atoms with E-state index in [0.29, 0.717) is 19.6 Å². The van der Waals surface area contributed by atoms with Crippen LogP contribution < -0.4 is 5.32 Å². The second-order valence-corrected chi connectivity index (χ2v) is 5.88. The standard InChI is InChI=1S/C17H23NO5/c1-17(2,3)23-16(21)18-14(15(19)20)10-7-11-22-12-13-8-5-4-6-9-13/h4-6,8-10H,7,11-12H2,1-3H3,(H,18,21)(H,19,20). The number of carbonyl (C=O) groups is 2. The molecule has 1 rings (SSSR count). The number of carboxylic acids is 1. The summed E-state index contributed by atoms with van der Waals surface area (Å²) >= 11 is 0. The van der Waals surface area contributed by atoms with Crippen molar-refractivity contribution in [3.63, 3.8) is 0 Å². The van der Waals surface area contributed by atoms with E-state index >= 15 is 0 Å². The molecule has 126 valence electrons. The van der Waals surface area contributed by atoms with Crippen molar-refractivity contribution in [2.75, 3.05) is 6.61 Å². The molecule has 6 heteroatoms. The first kappa shape index (κ1) is 18.7. The molecule has 6 nitrogen and oxygen atoms in total. The molecular formula is C17H23NO5. The molecule has 0 aliphatic heterocycles. The maximum atomic E-state index is 11.6. The number of hydrogen-bond acceptors (Lipinski definition) is 4. The highest BCUT2D eigenvalue weighted by Crippen LogP contribution is 2.07. The van der Waals surface area contributed by atoms with E-state index in [9.17, 15) is 9.59 Å². The molecule has 1 aromatic rings. The van der Waals surface area contributed by atoms with E-state index in [-0.39, 0.29) is 5.70 Å². The van der Waals surface area contributed by atoms with Gasteiger partial charge in [0.05, 0.1) is 13.2 Å². The monoisotopic (exact) mass is 321 g/mol. The summed E-state index contributed by atoms with van der Waals surface area (Å²) in [6, 6.07) is 9.66. The minimum atomic E-state index is -1.22. The normalized spacial score (nSPS) is 11.9. The highest BCUT2D eigenvalue weighted by atomic mass is 16.6. The predicted molar refractivity (Wildman–Crippen MR) is 85.8 cm³/mol. The van der Waals surface area contributed by atoms with Crippen LogP contribution in [0.25, 0.3) is 0 Å². The molecule has 2 N–H and O–H groups in total. The van der Waals surface area contributed by atoms with Crippen LogP contribution in [0.2, 0.25) is 0 Å². The van der Waals surface area contributed by atoms with Gasteiger partial charge < -0.3 is 14.6 Å². The molecule has 0 saturated heterocycles. The van der Waals surface area contributed by atoms with Crippen molar-refractivity contribution in [1.82, 2.24) is 5.32 Å². The second kappa shape index (κ2) is 8.95. The molecule has 0 saturated carbocycles. The van der Waals surface area contributed by atoms with Gasteiger partial charge in [-0.15, -0.1) is 0 Å². The van der Waals surface area contributed by atoms with Crippen molar-refractivity contribution in [3.05, 3.63) is 47.7 Å². The van der Waals surface area contributed by atoms with Gasteiger partial charge in [-0.2, -0.15) is 0 Å². The molecule has 0 heterocycles. The van der Waals surface area contributed by atoms with Crippen molar-refractivity contribution in [2.24, 2.45) is 0 Å². The molecule has 0 atom stereocenters. The van der Waals surface area contributed by atoms with Crippen molar-refractivity contribution in [2.45, 2.75) is 39.4 Å². The zero-order valence-electron chi connectivity index (χ0n) is 13.7. The number of aliphatic carboxylic acids is 1. The number of hydrogen-bond donors (Lipinski definition) is 2. The first-order valence-electron chi connectivity index (χ1n) is 7.33. The molecule has 0 fully saturated rings. The lowest BCUT2D eigenvalue weighted by atomic mass is 10.2. The van der Waals surface area contributed by atoms with E-state index < -0.39 is 17.7 Å². The van der Waals surface area contributed by atoms with Crippen LogP contribution in [-0.4, -0.2) is 29.4 Å². The van der Waals surface area contributed by atoms with Crippen LogP contribution in [0.1, 0.15) is 32.8 Å². The number of rotatable bonds is 7. The predicted octanol–water partition coefficient (Wildman–Crippen LogP) is 3.09. The molecule has 0 aliphatic rings. The number of alkyl carbamates (subject to hydrolysis) is 1. The average Bonchev–Trinajstić information content (AvgIpc) is 2.44. The number of carbonyl (C=O) groups excluding carboxylic acids is 1. The van der Waals surface area contributed by atoms with Crippen molar-refractivity contribution < 1.29 is 24.2 Å². The molecule has 1 aromatic carbocycles. The van der Waals surface area contributed by atoms with E-state index in [1.165, 1.54) is 6.08 Å². The summed E-state index contributed by atoms with van der Waals surface area (Å²) in [5.74, 6) is -1.22. The quantitative estimate of drug-likeness (QED) is 0.595. The fraction of sp³-hybridized carbons (Fsp3) is 0.412. The third-order valence-corrected chi connectivity index (χ3v) is 2.59. The van der Waals surface area contributed by atoms with E-state index in [2.05, 4.69) is 5.32 Å². The van der Waals surface area contributed by atoms with Crippen LogP contribution in [0.3, 0.4) is 0 Å². The summed E-state index contributed by atoms with van der Waals surface area (Å²) in [5.41, 5.74) is 0.135. The Hall–Kier alpha value is -2.34. The Balaban J connectivity index is 2.40. The second-order valence-electron chi connectivity index (χ2n) is 5.88. The Morgan fingerprint density at radius 2 is 1.87 bits per heavy atom. The molecule has 0 aromatic heterocycles. The maximum Gasteiger partial charge on any atom is 0.412 e. The lowest BCUT2D eigenvalue weighted by molar-refractivity contribution is -0.133. The molecule has 0 bridgehead atoms. The van der Waals surface area contributed by atoms with Gasteiger partial charge in [0.15, 0.2) is 0 Å². The summed E-state index contributed by atoms with van der Waals surface area (Å²) in [6.07, 6.45) is 0.970. The van der Waals surface area contributed by atoms with Gasteiger partial charge in [0.1, 0.15) is 11.3 Å². The van der Waals surface area contributed by atoms with Crippen LogP contribution >= 0.6 is 0 Å². The number of carboxylic acid groups (broad SMARTS) is 1. The largest absolute Gasteiger partial charge is 0.477 e. The number of amides is 1. The smallest absolute Gasteiger partial charge is 0.412 e. The highest BCUT2D eigenvalue weighted by molar-refractivity contribution is 5.90. The van der Waals surface area contributed by atoms with Gasteiger partial charge in [-0.1, -0.05) is 36.4 Å². The van der Waals surface area contributed by atoms with Crippen molar-refractivity contribution in [3.8, 4) is 0 Å². The van der Waals surface area contributed by atoms with Crippen LogP contribution in [0, 0.1) is 0 Å². The zero-order chi connectivity index (χ0) is 17.3. The van der Waals surface area contributed by atoms with Gasteiger partial charge in [-0.05, 0) is 32.8 Å². The Morgan fingerprint density at radius 3 is 2.43 bits per heavy atom. The summed E-state index contributed by atoms with van der Waals surface area (Å²) in [7, 11) is 0. The van der Waals surface area contributed by atoms with Crippen LogP contribution in [0.15, 0.2) is 42.1 Å². The fourth-order valence-electron chi connectivity index (χ4n) is 1.66. The number of nitrogens with one attached hydrogen (secondary N) is 1. The molecule has 23 heavy (non-hydrogen) atoms. The van der Waals surface area contributed by atoms with Gasteiger partial charge in [0, 0.05) is 0 Å². The van der Waals surface area contributed by atoms with E-state index in [1.807, 2.05) is 30.3 Å². The maximum absolute atomic E-state index is 11.6. The van der Waals surface area contributed by atoms with Gasteiger partial charge in [-0.25, -0.2) is 9.59 Å². The first-order valence-corrected chi connectivity index (χ1v) is 7.33. The molecule has 0 unspecified atom stereocenters. The minimum absolute atomic E-state index is 0.220. The van der Waals surface area contributed by atoms with Crippen LogP contribution in [0.5, 0.6) is 0 Å². The summed E-state index contributed by atoms with van der Waals surface area (Å²) in [4.78, 5) is 22.7. The van der Waals surface area contributed by atoms with Crippen molar-refractivity contribution in [1.29, 1.82) is 0 Å². The highest BCUT2D eigenvalue weighted by Gasteiger charge is 2.18. The Labute approximate surface area is 136 Å². The van der Waals surface area contributed by atoms with Gasteiger partial charge in [0.2, 0.25) is 0 Å². The minimum Gasteiger partial charge on any atom is -0.477 e. The number of ether oxygens (including phenoxy) is 2. The lowest BCUT2D eigenvalue weighted by Gasteiger charge is -2.19. The van der Waals surface area contributed by atoms with Crippen LogP contribution in [0.4, 0.5) is 4.79 Å². The Bertz CT molecular complexity index is 546. The Kier molecular flexibility index (Phi) is 7.28. The number of benzene rings is 1. The third-order valence-electron chi connectivity index (χ3n) is 2.59. The van der Waals surface area contributed by atoms with Crippen LogP contribution in [-0.2, 0) is 20.9 Å². The molecule has 1 amide bonds. The van der Waals surface area contributed by atoms with Crippen molar-refractivity contribution >= 4 is 12.1 Å². The zero-order valence-corrected chi connectivity index (χ0v) is 13.7. The molecule has 0 spiro atoms. The SMILES string of the molecule is CC(C)(C)OC(=O)NC(=CCCOCc1ccccc1)C(=O)O. The van der Waals surface area contributed by atoms with E-state index in [4.69, 9.17) is 14.6 Å². The Morgan fingerprint density at radius 1 is 1.22 bits per heavy atom. The first-order chi connectivity index (χ1) is 10.8. The van der Waals surface area contributed by atoms with Gasteiger partial charge >= 0.3 is 12.1 Å². The topological polar surface area (TPSA) is 84.9 Å². The summed E-state index contributed by atoms with van der Waals surface area (Å²) in [5, 5.41) is 11.3. The third kappa shape index (κ3) is 8.63. The average molecular weight is 321 g/mol. The molecule has 0 radical (unpaired) electrons. The lowest BCUT2D eigenvalue weighted by Crippen LogP contribution is -2.34. The van der Waals surface area contributed by atoms with Gasteiger partial charge in [0.25, 0.3) is 0 Å². The van der Waals surface area contributed by atoms with E-state index in [0.717, 1.165) is 5.56 Å². The summed E-state index contributed by atoms with van der Waals surface area (Å²) < 4.78 is 10.5. The summed E-state index contributed by atoms with van der Waals surface area (Å²) in [6.45, 7) is 5.91. The van der Waals surface area contributed by atoms with Gasteiger partial charge in [-0.3, -0.25) is 5.32 Å². The fourth-order valence-corrected chi connectivity index (χ4v) is 1.66. The molecule has 0 aliphatic carbocycles.